The molecule has 0 heterocycles. The second kappa shape index (κ2) is 9.92. The Hall–Kier alpha value is -1.98. The van der Waals surface area contributed by atoms with Gasteiger partial charge in [0.05, 0.1) is 12.5 Å². The molecule has 0 fully saturated rings. The summed E-state index contributed by atoms with van der Waals surface area (Å²) < 4.78 is 5.40. The number of aliphatic hydroxyl groups excluding tert-OH is 1. The number of amides is 1. The van der Waals surface area contributed by atoms with E-state index in [2.05, 4.69) is 0 Å². The van der Waals surface area contributed by atoms with Crippen LogP contribution in [0.25, 0.3) is 0 Å². The van der Waals surface area contributed by atoms with Crippen LogP contribution in [0.4, 0.5) is 4.79 Å². The van der Waals surface area contributed by atoms with Gasteiger partial charge in [0.15, 0.2) is 0 Å². The van der Waals surface area contributed by atoms with E-state index in [0.717, 1.165) is 11.1 Å². The molecule has 0 aromatic heterocycles. The lowest BCUT2D eigenvalue weighted by Crippen LogP contribution is -2.31. The highest BCUT2D eigenvalue weighted by Gasteiger charge is 2.15. The SMILES string of the molecule is O=C(OCc1ccccc1)N(CSCCO)Cc1ccccc1. The van der Waals surface area contributed by atoms with Crippen molar-refractivity contribution in [3.63, 3.8) is 0 Å². The van der Waals surface area contributed by atoms with Crippen molar-refractivity contribution in [2.24, 2.45) is 0 Å². The molecule has 0 unspecified atom stereocenters. The molecular weight excluding hydrogens is 310 g/mol. The molecule has 1 N–H and O–H groups in total. The van der Waals surface area contributed by atoms with E-state index >= 15 is 0 Å². The second-order valence-corrected chi connectivity index (χ2v) is 6.06. The lowest BCUT2D eigenvalue weighted by Gasteiger charge is -2.22. The molecule has 0 radical (unpaired) electrons. The first kappa shape index (κ1) is 17.4. The Kier molecular flexibility index (Phi) is 7.49. The Morgan fingerprint density at radius 3 is 2.22 bits per heavy atom. The fraction of sp³-hybridized carbons (Fsp3) is 0.278. The van der Waals surface area contributed by atoms with Crippen LogP contribution >= 0.6 is 11.8 Å². The zero-order valence-corrected chi connectivity index (χ0v) is 13.7. The van der Waals surface area contributed by atoms with Crippen LogP contribution in [0.5, 0.6) is 0 Å². The number of aliphatic hydroxyl groups is 1. The molecule has 2 aromatic carbocycles. The molecule has 5 heteroatoms. The maximum absolute atomic E-state index is 12.3. The Labute approximate surface area is 141 Å². The van der Waals surface area contributed by atoms with Gasteiger partial charge in [0.25, 0.3) is 0 Å². The highest BCUT2D eigenvalue weighted by atomic mass is 32.2. The average Bonchev–Trinajstić information content (AvgIpc) is 2.61. The molecule has 0 aliphatic rings. The van der Waals surface area contributed by atoms with Gasteiger partial charge in [-0.3, -0.25) is 4.90 Å². The molecule has 1 amide bonds. The van der Waals surface area contributed by atoms with Crippen LogP contribution < -0.4 is 0 Å². The van der Waals surface area contributed by atoms with Gasteiger partial charge in [0, 0.05) is 12.3 Å². The third-order valence-electron chi connectivity index (χ3n) is 3.16. The third-order valence-corrected chi connectivity index (χ3v) is 4.13. The molecule has 0 aliphatic heterocycles. The maximum atomic E-state index is 12.3. The summed E-state index contributed by atoms with van der Waals surface area (Å²) in [5.41, 5.74) is 2.01. The van der Waals surface area contributed by atoms with E-state index < -0.39 is 0 Å². The number of thioether (sulfide) groups is 1. The number of carbonyl (C=O) groups is 1. The molecule has 2 aromatic rings. The lowest BCUT2D eigenvalue weighted by atomic mass is 10.2. The summed E-state index contributed by atoms with van der Waals surface area (Å²) >= 11 is 1.51. The lowest BCUT2D eigenvalue weighted by molar-refractivity contribution is 0.101. The van der Waals surface area contributed by atoms with Crippen LogP contribution in [0.3, 0.4) is 0 Å². The highest BCUT2D eigenvalue weighted by molar-refractivity contribution is 7.99. The Morgan fingerprint density at radius 2 is 1.61 bits per heavy atom. The molecule has 0 bridgehead atoms. The van der Waals surface area contributed by atoms with E-state index in [1.165, 1.54) is 11.8 Å². The first-order valence-electron chi connectivity index (χ1n) is 7.48. The molecule has 4 nitrogen and oxygen atoms in total. The van der Waals surface area contributed by atoms with Crippen molar-refractivity contribution >= 4 is 17.9 Å². The van der Waals surface area contributed by atoms with Gasteiger partial charge in [-0.25, -0.2) is 4.79 Å². The molecule has 0 saturated carbocycles. The number of hydrogen-bond donors (Lipinski definition) is 1. The number of rotatable bonds is 8. The van der Waals surface area contributed by atoms with Crippen molar-refractivity contribution in [2.45, 2.75) is 13.2 Å². The van der Waals surface area contributed by atoms with E-state index in [0.29, 0.717) is 18.2 Å². The fourth-order valence-corrected chi connectivity index (χ4v) is 2.69. The number of ether oxygens (including phenoxy) is 1. The monoisotopic (exact) mass is 331 g/mol. The zero-order valence-electron chi connectivity index (χ0n) is 12.9. The largest absolute Gasteiger partial charge is 0.445 e. The molecule has 122 valence electrons. The van der Waals surface area contributed by atoms with E-state index in [9.17, 15) is 4.79 Å². The standard InChI is InChI=1S/C18H21NO3S/c20-11-12-23-15-19(13-16-7-3-1-4-8-16)18(21)22-14-17-9-5-2-6-10-17/h1-10,20H,11-15H2. The minimum absolute atomic E-state index is 0.100. The van der Waals surface area contributed by atoms with Crippen LogP contribution in [0.15, 0.2) is 60.7 Å². The highest BCUT2D eigenvalue weighted by Crippen LogP contribution is 2.12. The quantitative estimate of drug-likeness (QED) is 0.594. The Morgan fingerprint density at radius 1 is 1.00 bits per heavy atom. The van der Waals surface area contributed by atoms with Gasteiger partial charge in [-0.1, -0.05) is 60.7 Å². The van der Waals surface area contributed by atoms with E-state index in [-0.39, 0.29) is 19.3 Å². The van der Waals surface area contributed by atoms with Gasteiger partial charge < -0.3 is 9.84 Å². The van der Waals surface area contributed by atoms with Gasteiger partial charge >= 0.3 is 6.09 Å². The van der Waals surface area contributed by atoms with Crippen molar-refractivity contribution in [3.8, 4) is 0 Å². The van der Waals surface area contributed by atoms with Crippen LogP contribution in [0, 0.1) is 0 Å². The predicted molar refractivity (Wildman–Crippen MR) is 93.0 cm³/mol. The number of benzene rings is 2. The van der Waals surface area contributed by atoms with Gasteiger partial charge in [-0.05, 0) is 11.1 Å². The predicted octanol–water partition coefficient (Wildman–Crippen LogP) is 3.51. The van der Waals surface area contributed by atoms with E-state index in [1.54, 1.807) is 4.90 Å². The summed E-state index contributed by atoms with van der Waals surface area (Å²) in [6, 6.07) is 19.4. The molecule has 23 heavy (non-hydrogen) atoms. The van der Waals surface area contributed by atoms with Crippen LogP contribution in [-0.4, -0.2) is 34.3 Å². The molecule has 0 aliphatic carbocycles. The topological polar surface area (TPSA) is 49.8 Å². The Bertz CT molecular complexity index is 577. The van der Waals surface area contributed by atoms with Crippen LogP contribution in [0.1, 0.15) is 11.1 Å². The Balaban J connectivity index is 1.93. The molecular formula is C18H21NO3S. The van der Waals surface area contributed by atoms with Gasteiger partial charge in [0.2, 0.25) is 0 Å². The molecule has 0 atom stereocenters. The maximum Gasteiger partial charge on any atom is 0.411 e. The zero-order chi connectivity index (χ0) is 16.3. The number of nitrogens with zero attached hydrogens (tertiary/aromatic N) is 1. The van der Waals surface area contributed by atoms with Crippen molar-refractivity contribution in [3.05, 3.63) is 71.8 Å². The summed E-state index contributed by atoms with van der Waals surface area (Å²) in [5.74, 6) is 1.08. The third kappa shape index (κ3) is 6.34. The van der Waals surface area contributed by atoms with E-state index in [1.807, 2.05) is 60.7 Å². The summed E-state index contributed by atoms with van der Waals surface area (Å²) in [7, 11) is 0. The summed E-state index contributed by atoms with van der Waals surface area (Å²) in [6.07, 6.45) is -0.344. The first-order chi connectivity index (χ1) is 11.3. The molecule has 0 spiro atoms. The minimum atomic E-state index is -0.344. The smallest absolute Gasteiger partial charge is 0.411 e. The van der Waals surface area contributed by atoms with E-state index in [4.69, 9.17) is 9.84 Å². The molecule has 2 rings (SSSR count). The minimum Gasteiger partial charge on any atom is -0.445 e. The van der Waals surface area contributed by atoms with Crippen molar-refractivity contribution in [2.75, 3.05) is 18.2 Å². The van der Waals surface area contributed by atoms with Crippen molar-refractivity contribution in [1.29, 1.82) is 0 Å². The van der Waals surface area contributed by atoms with Crippen molar-refractivity contribution in [1.82, 2.24) is 4.90 Å². The normalized spacial score (nSPS) is 10.3. The molecule has 0 saturated heterocycles. The van der Waals surface area contributed by atoms with Crippen molar-refractivity contribution < 1.29 is 14.6 Å². The van der Waals surface area contributed by atoms with Gasteiger partial charge in [0.1, 0.15) is 6.61 Å². The summed E-state index contributed by atoms with van der Waals surface area (Å²) in [5, 5.41) is 8.90. The second-order valence-electron chi connectivity index (χ2n) is 4.98. The van der Waals surface area contributed by atoms with Crippen LogP contribution in [-0.2, 0) is 17.9 Å². The van der Waals surface area contributed by atoms with Gasteiger partial charge in [-0.2, -0.15) is 0 Å². The number of carbonyl (C=O) groups excluding carboxylic acids is 1. The van der Waals surface area contributed by atoms with Gasteiger partial charge in [-0.15, -0.1) is 11.8 Å². The summed E-state index contributed by atoms with van der Waals surface area (Å²) in [6.45, 7) is 0.853. The number of hydrogen-bond acceptors (Lipinski definition) is 4. The average molecular weight is 331 g/mol. The first-order valence-corrected chi connectivity index (χ1v) is 8.63. The van der Waals surface area contributed by atoms with Crippen LogP contribution in [0.2, 0.25) is 0 Å². The summed E-state index contributed by atoms with van der Waals surface area (Å²) in [4.78, 5) is 14.0. The fourth-order valence-electron chi connectivity index (χ4n) is 2.02.